The number of aromatic nitrogens is 2. The number of nitrogens with one attached hydrogen (secondary N) is 1. The average molecular weight is 445 g/mol. The van der Waals surface area contributed by atoms with Gasteiger partial charge in [0, 0.05) is 54.8 Å². The van der Waals surface area contributed by atoms with Crippen LogP contribution in [-0.4, -0.2) is 55.6 Å². The van der Waals surface area contributed by atoms with Crippen LogP contribution in [0.1, 0.15) is 23.4 Å². The molecule has 1 unspecified atom stereocenters. The lowest BCUT2D eigenvalue weighted by molar-refractivity contribution is 0.154. The maximum absolute atomic E-state index is 10.2. The number of rotatable bonds is 8. The Balaban J connectivity index is 1.77. The molecule has 3 heterocycles. The first-order valence-corrected chi connectivity index (χ1v) is 11.2. The molecule has 1 saturated heterocycles. The van der Waals surface area contributed by atoms with E-state index in [4.69, 9.17) is 19.2 Å². The summed E-state index contributed by atoms with van der Waals surface area (Å²) in [5, 5.41) is 17.6. The maximum Gasteiger partial charge on any atom is 0.204 e. The van der Waals surface area contributed by atoms with Crippen molar-refractivity contribution in [2.45, 2.75) is 32.0 Å². The molecule has 1 aromatic carbocycles. The van der Waals surface area contributed by atoms with Crippen molar-refractivity contribution in [3.05, 3.63) is 34.3 Å². The van der Waals surface area contributed by atoms with Gasteiger partial charge in [0.2, 0.25) is 5.75 Å². The second kappa shape index (κ2) is 9.67. The van der Waals surface area contributed by atoms with Crippen LogP contribution in [0.4, 0.5) is 5.82 Å². The lowest BCUT2D eigenvalue weighted by Gasteiger charge is -2.32. The van der Waals surface area contributed by atoms with Crippen molar-refractivity contribution in [3.8, 4) is 17.2 Å². The van der Waals surface area contributed by atoms with Gasteiger partial charge < -0.3 is 29.5 Å². The van der Waals surface area contributed by atoms with Gasteiger partial charge in [0.05, 0.1) is 33.0 Å². The summed E-state index contributed by atoms with van der Waals surface area (Å²) in [4.78, 5) is 11.5. The van der Waals surface area contributed by atoms with Gasteiger partial charge in [0.25, 0.3) is 0 Å². The largest absolute Gasteiger partial charge is 0.493 e. The first-order chi connectivity index (χ1) is 15.1. The van der Waals surface area contributed by atoms with E-state index in [2.05, 4.69) is 21.3 Å². The third-order valence-corrected chi connectivity index (χ3v) is 6.23. The van der Waals surface area contributed by atoms with Gasteiger partial charge in [-0.2, -0.15) is 0 Å². The number of nitrogens with zero attached hydrogens (tertiary/aromatic N) is 3. The molecular weight excluding hydrogens is 416 g/mol. The molecule has 31 heavy (non-hydrogen) atoms. The standard InChI is InChI=1S/C22H28N4O4S/c1-28-18-10-17-16(20(29-2)21(18)30-3)9-14(11-23-12-19-24-6-8-31-19)22(25-17)26-7-4-5-15(27)13-26/h6,8-10,15,23,27H,4-5,7,11-13H2,1-3H3. The molecule has 2 aromatic heterocycles. The summed E-state index contributed by atoms with van der Waals surface area (Å²) < 4.78 is 16.7. The van der Waals surface area contributed by atoms with Gasteiger partial charge in [-0.15, -0.1) is 11.3 Å². The molecule has 1 atom stereocenters. The number of pyridine rings is 1. The fourth-order valence-electron chi connectivity index (χ4n) is 4.02. The number of hydrogen-bond acceptors (Lipinski definition) is 9. The van der Waals surface area contributed by atoms with Crippen LogP contribution in [-0.2, 0) is 13.1 Å². The molecular formula is C22H28N4O4S. The Hall–Kier alpha value is -2.62. The molecule has 1 aliphatic rings. The van der Waals surface area contributed by atoms with E-state index < -0.39 is 0 Å². The first kappa shape index (κ1) is 21.6. The SMILES string of the molecule is COc1cc2nc(N3CCCC(O)C3)c(CNCc3nccs3)cc2c(OC)c1OC. The zero-order chi connectivity index (χ0) is 21.8. The predicted molar refractivity (Wildman–Crippen MR) is 122 cm³/mol. The lowest BCUT2D eigenvalue weighted by atomic mass is 10.1. The van der Waals surface area contributed by atoms with Gasteiger partial charge in [-0.05, 0) is 18.9 Å². The van der Waals surface area contributed by atoms with Crippen molar-refractivity contribution in [1.29, 1.82) is 0 Å². The minimum atomic E-state index is -0.345. The monoisotopic (exact) mass is 444 g/mol. The van der Waals surface area contributed by atoms with Crippen LogP contribution in [0, 0.1) is 0 Å². The number of piperidine rings is 1. The second-order valence-corrected chi connectivity index (χ2v) is 8.43. The number of aliphatic hydroxyl groups excluding tert-OH is 1. The summed E-state index contributed by atoms with van der Waals surface area (Å²) in [6.07, 6.45) is 3.22. The molecule has 1 aliphatic heterocycles. The molecule has 0 radical (unpaired) electrons. The quantitative estimate of drug-likeness (QED) is 0.548. The van der Waals surface area contributed by atoms with Crippen molar-refractivity contribution in [1.82, 2.24) is 15.3 Å². The van der Waals surface area contributed by atoms with Crippen molar-refractivity contribution < 1.29 is 19.3 Å². The molecule has 1 fully saturated rings. The number of fused-ring (bicyclic) bond motifs is 1. The highest BCUT2D eigenvalue weighted by Crippen LogP contribution is 2.44. The van der Waals surface area contributed by atoms with E-state index in [0.29, 0.717) is 36.9 Å². The zero-order valence-electron chi connectivity index (χ0n) is 18.1. The van der Waals surface area contributed by atoms with Gasteiger partial charge in [-0.3, -0.25) is 0 Å². The van der Waals surface area contributed by atoms with Crippen molar-refractivity contribution >= 4 is 28.1 Å². The number of thiazole rings is 1. The van der Waals surface area contributed by atoms with E-state index in [1.165, 1.54) is 0 Å². The smallest absolute Gasteiger partial charge is 0.204 e. The van der Waals surface area contributed by atoms with E-state index in [1.807, 2.05) is 17.6 Å². The van der Waals surface area contributed by atoms with Crippen LogP contribution in [0.5, 0.6) is 17.2 Å². The van der Waals surface area contributed by atoms with Crippen molar-refractivity contribution in [3.63, 3.8) is 0 Å². The maximum atomic E-state index is 10.2. The minimum absolute atomic E-state index is 0.345. The molecule has 0 amide bonds. The topological polar surface area (TPSA) is 89.0 Å². The number of methoxy groups -OCH3 is 3. The molecule has 166 valence electrons. The van der Waals surface area contributed by atoms with Gasteiger partial charge in [-0.25, -0.2) is 9.97 Å². The summed E-state index contributed by atoms with van der Waals surface area (Å²) in [6.45, 7) is 2.73. The number of hydrogen-bond donors (Lipinski definition) is 2. The summed E-state index contributed by atoms with van der Waals surface area (Å²) >= 11 is 1.63. The Morgan fingerprint density at radius 1 is 1.16 bits per heavy atom. The molecule has 2 N–H and O–H groups in total. The van der Waals surface area contributed by atoms with Crippen LogP contribution in [0.15, 0.2) is 23.7 Å². The fourth-order valence-corrected chi connectivity index (χ4v) is 4.60. The highest BCUT2D eigenvalue weighted by atomic mass is 32.1. The second-order valence-electron chi connectivity index (χ2n) is 7.45. The fraction of sp³-hybridized carbons (Fsp3) is 0.455. The van der Waals surface area contributed by atoms with Gasteiger partial charge >= 0.3 is 0 Å². The average Bonchev–Trinajstić information content (AvgIpc) is 3.30. The lowest BCUT2D eigenvalue weighted by Crippen LogP contribution is -2.39. The summed E-state index contributed by atoms with van der Waals surface area (Å²) in [6, 6.07) is 3.96. The predicted octanol–water partition coefficient (Wildman–Crippen LogP) is 2.97. The molecule has 0 bridgehead atoms. The van der Waals surface area contributed by atoms with E-state index in [0.717, 1.165) is 46.7 Å². The number of β-amino-alcohol motifs (C(OH)–C–C–N with tert-alkyl or cyclic N) is 1. The van der Waals surface area contributed by atoms with Gasteiger partial charge in [0.1, 0.15) is 10.8 Å². The number of aliphatic hydroxyl groups is 1. The van der Waals surface area contributed by atoms with Crippen LogP contribution < -0.4 is 24.4 Å². The van der Waals surface area contributed by atoms with Gasteiger partial charge in [0.15, 0.2) is 11.5 Å². The molecule has 0 aliphatic carbocycles. The minimum Gasteiger partial charge on any atom is -0.493 e. The Morgan fingerprint density at radius 2 is 2.00 bits per heavy atom. The summed E-state index contributed by atoms with van der Waals surface area (Å²) in [5.41, 5.74) is 1.79. The Morgan fingerprint density at radius 3 is 2.68 bits per heavy atom. The Labute approximate surface area is 185 Å². The normalized spacial score (nSPS) is 16.5. The van der Waals surface area contributed by atoms with Crippen LogP contribution in [0.25, 0.3) is 10.9 Å². The van der Waals surface area contributed by atoms with Crippen LogP contribution in [0.3, 0.4) is 0 Å². The van der Waals surface area contributed by atoms with Crippen molar-refractivity contribution in [2.24, 2.45) is 0 Å². The van der Waals surface area contributed by atoms with E-state index in [1.54, 1.807) is 32.7 Å². The highest BCUT2D eigenvalue weighted by Gasteiger charge is 2.24. The van der Waals surface area contributed by atoms with E-state index in [-0.39, 0.29) is 6.10 Å². The summed E-state index contributed by atoms with van der Waals surface area (Å²) in [7, 11) is 4.81. The number of benzene rings is 1. The van der Waals surface area contributed by atoms with Crippen LogP contribution >= 0.6 is 11.3 Å². The molecule has 4 rings (SSSR count). The summed E-state index contributed by atoms with van der Waals surface area (Å²) in [5.74, 6) is 2.57. The van der Waals surface area contributed by atoms with Crippen molar-refractivity contribution in [2.75, 3.05) is 39.3 Å². The third-order valence-electron chi connectivity index (χ3n) is 5.45. The van der Waals surface area contributed by atoms with Crippen LogP contribution in [0.2, 0.25) is 0 Å². The molecule has 8 nitrogen and oxygen atoms in total. The van der Waals surface area contributed by atoms with E-state index >= 15 is 0 Å². The number of ether oxygens (including phenoxy) is 3. The number of anilines is 1. The third kappa shape index (κ3) is 4.53. The molecule has 0 spiro atoms. The van der Waals surface area contributed by atoms with Gasteiger partial charge in [-0.1, -0.05) is 0 Å². The van der Waals surface area contributed by atoms with E-state index in [9.17, 15) is 5.11 Å². The first-order valence-electron chi connectivity index (χ1n) is 10.3. The molecule has 0 saturated carbocycles. The zero-order valence-corrected chi connectivity index (χ0v) is 18.9. The Kier molecular flexibility index (Phi) is 6.74. The Bertz CT molecular complexity index is 1030. The molecule has 3 aromatic rings. The molecule has 9 heteroatoms. The highest BCUT2D eigenvalue weighted by molar-refractivity contribution is 7.09.